The number of carboxylic acid groups (broad SMARTS) is 1. The maximum absolute atomic E-state index is 13.0. The summed E-state index contributed by atoms with van der Waals surface area (Å²) in [4.78, 5) is 58.1. The molecular weight excluding hydrogens is 564 g/mol. The van der Waals surface area contributed by atoms with Crippen molar-refractivity contribution in [1.29, 1.82) is 0 Å². The molecule has 6 N–H and O–H groups in total. The first-order chi connectivity index (χ1) is 19.0. The van der Waals surface area contributed by atoms with E-state index in [-0.39, 0.29) is 16.5 Å². The summed E-state index contributed by atoms with van der Waals surface area (Å²) < 4.78 is 10.9. The molecule has 14 nitrogen and oxygen atoms in total. The molecule has 1 aliphatic carbocycles. The smallest absolute Gasteiger partial charge is 0.349 e. The lowest BCUT2D eigenvalue weighted by molar-refractivity contribution is -0.297. The Morgan fingerprint density at radius 1 is 1.32 bits per heavy atom. The van der Waals surface area contributed by atoms with Crippen LogP contribution in [0.4, 0.5) is 5.13 Å². The first-order valence-corrected chi connectivity index (χ1v) is 14.7. The second-order valence-corrected chi connectivity index (χ2v) is 10.9. The molecule has 1 aromatic rings. The fourth-order valence-electron chi connectivity index (χ4n) is 4.13. The third-order valence-corrected chi connectivity index (χ3v) is 8.36. The number of carbonyl (C=O) groups is 4. The molecule has 0 aromatic carbocycles. The Hall–Kier alpha value is -3.37. The summed E-state index contributed by atoms with van der Waals surface area (Å²) in [5.74, 6) is -5.47. The number of nitrogen functional groups attached to an aromatic ring is 1. The summed E-state index contributed by atoms with van der Waals surface area (Å²) in [6.45, 7) is 8.37. The van der Waals surface area contributed by atoms with E-state index in [4.69, 9.17) is 30.9 Å². The van der Waals surface area contributed by atoms with E-state index in [1.165, 1.54) is 54.6 Å². The fourth-order valence-corrected chi connectivity index (χ4v) is 6.35. The Morgan fingerprint density at radius 3 is 2.50 bits per heavy atom. The molecule has 1 saturated carbocycles. The van der Waals surface area contributed by atoms with Crippen LogP contribution in [0.1, 0.15) is 52.1 Å². The van der Waals surface area contributed by atoms with E-state index in [2.05, 4.69) is 22.0 Å². The van der Waals surface area contributed by atoms with Gasteiger partial charge in [-0.05, 0) is 0 Å². The SMILES string of the molecule is C1CCC1.C=C1[C@@H](NC(=O)/C(=N\OCC(=O)O)c2csc(N)n2)[C@H]2SCC3[C@@H](N)C(=O)OC3(OC(C)=O)N12.CC. The number of aromatic nitrogens is 1. The molecule has 1 aromatic heterocycles. The van der Waals surface area contributed by atoms with Crippen LogP contribution >= 0.6 is 23.1 Å². The normalized spacial score (nSPS) is 28.0. The van der Waals surface area contributed by atoms with Crippen LogP contribution in [-0.4, -0.2) is 80.2 Å². The summed E-state index contributed by atoms with van der Waals surface area (Å²) in [6.07, 6.45) is 6.00. The number of rotatable bonds is 7. The molecule has 3 saturated heterocycles. The van der Waals surface area contributed by atoms with Gasteiger partial charge in [-0.15, -0.1) is 23.1 Å². The molecule has 0 bridgehead atoms. The Labute approximate surface area is 239 Å². The van der Waals surface area contributed by atoms with E-state index >= 15 is 0 Å². The van der Waals surface area contributed by atoms with Crippen molar-refractivity contribution in [3.05, 3.63) is 23.3 Å². The van der Waals surface area contributed by atoms with Crippen LogP contribution in [0.15, 0.2) is 22.8 Å². The van der Waals surface area contributed by atoms with Crippen molar-refractivity contribution >= 4 is 57.8 Å². The molecule has 2 unspecified atom stereocenters. The molecule has 5 atom stereocenters. The van der Waals surface area contributed by atoms with Crippen molar-refractivity contribution in [2.45, 2.75) is 69.8 Å². The van der Waals surface area contributed by atoms with Crippen LogP contribution in [0.2, 0.25) is 0 Å². The molecule has 4 fully saturated rings. The number of thiazole rings is 1. The minimum absolute atomic E-state index is 0.0932. The lowest BCUT2D eigenvalue weighted by Gasteiger charge is -2.60. The van der Waals surface area contributed by atoms with Gasteiger partial charge in [-0.25, -0.2) is 9.78 Å². The standard InChI is InChI=1S/C18H20N6O8S2.C4H8.C2H6/c1-6-12(22-14(28)13(23-30-3-10(26)27)9-5-34-17(20)21-9)15-24(6)18(31-7(2)25)8(4-33-15)11(19)16(29)32-18;1-2-4-3-1;1-2/h5,8,11-12,15H,1,3-4,19H2,2H3,(H2,20,21)(H,22,28)(H,26,27);1-4H2;1-2H3/b23-13-;;/t8?,11-,12-,15-,18?;;/m1../s1. The number of anilines is 1. The monoisotopic (exact) mass is 598 g/mol. The topological polar surface area (TPSA) is 209 Å². The van der Waals surface area contributed by atoms with Crippen LogP contribution < -0.4 is 16.8 Å². The molecule has 0 spiro atoms. The van der Waals surface area contributed by atoms with Gasteiger partial charge in [0, 0.05) is 23.8 Å². The minimum Gasteiger partial charge on any atom is -0.479 e. The van der Waals surface area contributed by atoms with Gasteiger partial charge in [0.2, 0.25) is 6.61 Å². The quantitative estimate of drug-likeness (QED) is 0.198. The number of ether oxygens (including phenoxy) is 2. The maximum atomic E-state index is 13.0. The van der Waals surface area contributed by atoms with Crippen molar-refractivity contribution < 1.29 is 38.6 Å². The van der Waals surface area contributed by atoms with Crippen LogP contribution in [0.5, 0.6) is 0 Å². The van der Waals surface area contributed by atoms with Gasteiger partial charge in [0.15, 0.2) is 10.8 Å². The van der Waals surface area contributed by atoms with Gasteiger partial charge in [-0.2, -0.15) is 0 Å². The van der Waals surface area contributed by atoms with Gasteiger partial charge < -0.3 is 36.2 Å². The third kappa shape index (κ3) is 6.33. The lowest BCUT2D eigenvalue weighted by Crippen LogP contribution is -2.75. The average Bonchev–Trinajstić information content (AvgIpc) is 3.38. The number of hydrogen-bond donors (Lipinski definition) is 4. The van der Waals surface area contributed by atoms with E-state index in [9.17, 15) is 19.2 Å². The molecule has 1 amide bonds. The van der Waals surface area contributed by atoms with Crippen LogP contribution in [0.25, 0.3) is 0 Å². The van der Waals surface area contributed by atoms with E-state index in [0.29, 0.717) is 11.4 Å². The van der Waals surface area contributed by atoms with Crippen LogP contribution in [0, 0.1) is 5.92 Å². The number of carbonyl (C=O) groups excluding carboxylic acids is 3. The summed E-state index contributed by atoms with van der Waals surface area (Å²) in [6, 6.07) is -1.66. The molecule has 3 aliphatic heterocycles. The highest BCUT2D eigenvalue weighted by Gasteiger charge is 2.70. The zero-order valence-corrected chi connectivity index (χ0v) is 24.1. The highest BCUT2D eigenvalue weighted by Crippen LogP contribution is 2.54. The molecule has 16 heteroatoms. The number of nitrogens with two attached hydrogens (primary N) is 2. The summed E-state index contributed by atoms with van der Waals surface area (Å²) in [5, 5.41) is 16.3. The molecule has 4 heterocycles. The molecule has 4 aliphatic rings. The number of hydrogen-bond acceptors (Lipinski definition) is 14. The van der Waals surface area contributed by atoms with Gasteiger partial charge in [0.25, 0.3) is 5.91 Å². The predicted octanol–water partition coefficient (Wildman–Crippen LogP) is 1.22. The van der Waals surface area contributed by atoms with Gasteiger partial charge in [-0.3, -0.25) is 19.3 Å². The number of fused-ring (bicyclic) bond motifs is 3. The summed E-state index contributed by atoms with van der Waals surface area (Å²) >= 11 is 2.43. The fraction of sp³-hybridized carbons (Fsp3) is 0.583. The van der Waals surface area contributed by atoms with E-state index in [0.717, 1.165) is 11.3 Å². The lowest BCUT2D eigenvalue weighted by atomic mass is 9.93. The molecule has 220 valence electrons. The second kappa shape index (κ2) is 13.3. The van der Waals surface area contributed by atoms with E-state index in [1.807, 2.05) is 13.8 Å². The molecule has 0 radical (unpaired) electrons. The number of oxime groups is 1. The Kier molecular flexibility index (Phi) is 10.4. The number of nitrogens with one attached hydrogen (secondary N) is 1. The predicted molar refractivity (Wildman–Crippen MR) is 148 cm³/mol. The van der Waals surface area contributed by atoms with Gasteiger partial charge >= 0.3 is 23.8 Å². The number of esters is 2. The summed E-state index contributed by atoms with van der Waals surface area (Å²) in [7, 11) is 0. The molecule has 40 heavy (non-hydrogen) atoms. The maximum Gasteiger partial charge on any atom is 0.349 e. The van der Waals surface area contributed by atoms with Gasteiger partial charge in [0.1, 0.15) is 17.1 Å². The molecule has 5 rings (SSSR count). The van der Waals surface area contributed by atoms with Crippen molar-refractivity contribution in [2.75, 3.05) is 18.1 Å². The second-order valence-electron chi connectivity index (χ2n) is 8.91. The first kappa shape index (κ1) is 31.2. The Balaban J connectivity index is 0.000000662. The van der Waals surface area contributed by atoms with Crippen molar-refractivity contribution in [2.24, 2.45) is 16.8 Å². The van der Waals surface area contributed by atoms with E-state index in [1.54, 1.807) is 0 Å². The average molecular weight is 599 g/mol. The van der Waals surface area contributed by atoms with Crippen LogP contribution in [-0.2, 0) is 33.5 Å². The van der Waals surface area contributed by atoms with Crippen LogP contribution in [0.3, 0.4) is 0 Å². The number of aliphatic carboxylic acids is 1. The Bertz CT molecular complexity index is 1160. The molecular formula is C24H34N6O8S2. The number of thioether (sulfide) groups is 1. The number of carboxylic acids is 1. The van der Waals surface area contributed by atoms with Gasteiger partial charge in [0.05, 0.1) is 12.0 Å². The van der Waals surface area contributed by atoms with Crippen molar-refractivity contribution in [3.8, 4) is 0 Å². The van der Waals surface area contributed by atoms with Crippen molar-refractivity contribution in [1.82, 2.24) is 15.2 Å². The Morgan fingerprint density at radius 2 is 1.98 bits per heavy atom. The van der Waals surface area contributed by atoms with Crippen molar-refractivity contribution in [3.63, 3.8) is 0 Å². The third-order valence-electron chi connectivity index (χ3n) is 6.31. The first-order valence-electron chi connectivity index (χ1n) is 12.8. The highest BCUT2D eigenvalue weighted by atomic mass is 32.2. The van der Waals surface area contributed by atoms with Gasteiger partial charge in [-0.1, -0.05) is 51.3 Å². The highest BCUT2D eigenvalue weighted by molar-refractivity contribution is 8.00. The zero-order valence-electron chi connectivity index (χ0n) is 22.5. The van der Waals surface area contributed by atoms with E-state index < -0.39 is 59.7 Å². The zero-order chi connectivity index (χ0) is 29.6. The summed E-state index contributed by atoms with van der Waals surface area (Å²) in [5.41, 5.74) is 11.7. The number of amides is 1. The number of nitrogens with zero attached hydrogens (tertiary/aromatic N) is 3. The largest absolute Gasteiger partial charge is 0.479 e. The minimum atomic E-state index is -1.75.